The second-order valence-corrected chi connectivity index (χ2v) is 3.66. The van der Waals surface area contributed by atoms with Crippen LogP contribution in [-0.2, 0) is 17.4 Å². The molecule has 0 atom stereocenters. The van der Waals surface area contributed by atoms with Gasteiger partial charge in [-0.3, -0.25) is 4.79 Å². The molecule has 0 unspecified atom stereocenters. The van der Waals surface area contributed by atoms with Gasteiger partial charge in [0.15, 0.2) is 0 Å². The molecule has 0 saturated heterocycles. The Hall–Kier alpha value is -1.98. The minimum atomic E-state index is -4.39. The van der Waals surface area contributed by atoms with E-state index in [1.165, 1.54) is 12.1 Å². The van der Waals surface area contributed by atoms with Gasteiger partial charge in [0.1, 0.15) is 0 Å². The molecule has 0 saturated carbocycles. The summed E-state index contributed by atoms with van der Waals surface area (Å²) in [4.78, 5) is 13.2. The fourth-order valence-electron chi connectivity index (χ4n) is 1.63. The summed E-state index contributed by atoms with van der Waals surface area (Å²) in [5.41, 5.74) is 0.131. The summed E-state index contributed by atoms with van der Waals surface area (Å²) < 4.78 is 37.3. The van der Waals surface area contributed by atoms with Crippen molar-refractivity contribution in [2.24, 2.45) is 0 Å². The van der Waals surface area contributed by atoms with Crippen molar-refractivity contribution in [1.29, 1.82) is 0 Å². The lowest BCUT2D eigenvalue weighted by atomic mass is 10.1. The number of rotatable bonds is 2. The Bertz CT molecular complexity index is 572. The molecule has 0 spiro atoms. The van der Waals surface area contributed by atoms with Gasteiger partial charge in [-0.15, -0.1) is 0 Å². The first-order valence-corrected chi connectivity index (χ1v) is 4.77. The van der Waals surface area contributed by atoms with Gasteiger partial charge in [0.25, 0.3) is 0 Å². The van der Waals surface area contributed by atoms with Gasteiger partial charge in [-0.05, 0) is 24.3 Å². The molecule has 0 amide bonds. The Kier molecular flexibility index (Phi) is 2.57. The van der Waals surface area contributed by atoms with Crippen LogP contribution in [0.15, 0.2) is 24.3 Å². The van der Waals surface area contributed by atoms with Crippen molar-refractivity contribution < 1.29 is 23.1 Å². The molecule has 0 fully saturated rings. The predicted octanol–water partition coefficient (Wildman–Crippen LogP) is 2.81. The zero-order valence-corrected chi connectivity index (χ0v) is 8.51. The quantitative estimate of drug-likeness (QED) is 0.852. The summed E-state index contributed by atoms with van der Waals surface area (Å²) >= 11 is 0. The van der Waals surface area contributed by atoms with Gasteiger partial charge in [-0.25, -0.2) is 0 Å². The maximum atomic E-state index is 12.4. The van der Waals surface area contributed by atoms with Gasteiger partial charge in [0.05, 0.1) is 12.0 Å². The molecule has 90 valence electrons. The van der Waals surface area contributed by atoms with E-state index in [0.717, 1.165) is 12.1 Å². The van der Waals surface area contributed by atoms with Gasteiger partial charge in [0.2, 0.25) is 0 Å². The van der Waals surface area contributed by atoms with Gasteiger partial charge in [-0.2, -0.15) is 13.2 Å². The Morgan fingerprint density at radius 1 is 1.29 bits per heavy atom. The first kappa shape index (κ1) is 11.5. The Morgan fingerprint density at radius 2 is 2.00 bits per heavy atom. The van der Waals surface area contributed by atoms with Crippen molar-refractivity contribution in [3.63, 3.8) is 0 Å². The highest BCUT2D eigenvalue weighted by molar-refractivity contribution is 5.83. The van der Waals surface area contributed by atoms with E-state index < -0.39 is 17.7 Å². The summed E-state index contributed by atoms with van der Waals surface area (Å²) in [5, 5.41) is 8.93. The van der Waals surface area contributed by atoms with Crippen LogP contribution in [0.25, 0.3) is 10.9 Å². The van der Waals surface area contributed by atoms with Crippen LogP contribution in [0.2, 0.25) is 0 Å². The van der Waals surface area contributed by atoms with Crippen molar-refractivity contribution >= 4 is 16.9 Å². The van der Waals surface area contributed by atoms with Crippen molar-refractivity contribution in [2.45, 2.75) is 12.6 Å². The minimum absolute atomic E-state index is 0.240. The lowest BCUT2D eigenvalue weighted by Crippen LogP contribution is -2.03. The van der Waals surface area contributed by atoms with E-state index in [1.807, 2.05) is 0 Å². The lowest BCUT2D eigenvalue weighted by Gasteiger charge is -2.05. The molecule has 0 aliphatic rings. The first-order valence-electron chi connectivity index (χ1n) is 4.77. The minimum Gasteiger partial charge on any atom is -0.481 e. The third kappa shape index (κ3) is 2.41. The highest BCUT2D eigenvalue weighted by atomic mass is 19.4. The molecule has 2 N–H and O–H groups in total. The van der Waals surface area contributed by atoms with Gasteiger partial charge >= 0.3 is 12.1 Å². The average molecular weight is 243 g/mol. The van der Waals surface area contributed by atoms with Crippen LogP contribution < -0.4 is 0 Å². The van der Waals surface area contributed by atoms with E-state index in [-0.39, 0.29) is 6.42 Å². The van der Waals surface area contributed by atoms with Gasteiger partial charge in [-0.1, -0.05) is 0 Å². The van der Waals surface area contributed by atoms with Gasteiger partial charge in [0, 0.05) is 16.6 Å². The van der Waals surface area contributed by atoms with E-state index in [1.54, 1.807) is 0 Å². The zero-order chi connectivity index (χ0) is 12.6. The normalized spacial score (nSPS) is 11.9. The number of aromatic amines is 1. The van der Waals surface area contributed by atoms with E-state index in [2.05, 4.69) is 4.98 Å². The van der Waals surface area contributed by atoms with Gasteiger partial charge < -0.3 is 10.1 Å². The highest BCUT2D eigenvalue weighted by Crippen LogP contribution is 2.31. The summed E-state index contributed by atoms with van der Waals surface area (Å²) in [5.74, 6) is -1.03. The van der Waals surface area contributed by atoms with Crippen LogP contribution in [0.1, 0.15) is 11.3 Å². The van der Waals surface area contributed by atoms with Crippen LogP contribution in [0, 0.1) is 0 Å². The van der Waals surface area contributed by atoms with Crippen molar-refractivity contribution in [3.05, 3.63) is 35.5 Å². The second-order valence-electron chi connectivity index (χ2n) is 3.66. The lowest BCUT2D eigenvalue weighted by molar-refractivity contribution is -0.138. The number of benzene rings is 1. The molecule has 0 aliphatic heterocycles. The molecule has 1 heterocycles. The van der Waals surface area contributed by atoms with Crippen LogP contribution in [-0.4, -0.2) is 16.1 Å². The van der Waals surface area contributed by atoms with E-state index in [4.69, 9.17) is 5.11 Å². The van der Waals surface area contributed by atoms with E-state index in [0.29, 0.717) is 16.6 Å². The first-order chi connectivity index (χ1) is 7.86. The fraction of sp³-hybridized carbons (Fsp3) is 0.182. The number of carboxylic acids is 1. The Morgan fingerprint density at radius 3 is 2.59 bits per heavy atom. The number of aliphatic carboxylic acids is 1. The number of H-pyrrole nitrogens is 1. The third-order valence-electron chi connectivity index (χ3n) is 2.35. The maximum Gasteiger partial charge on any atom is 0.416 e. The van der Waals surface area contributed by atoms with Crippen LogP contribution in [0.4, 0.5) is 13.2 Å². The summed E-state index contributed by atoms with van der Waals surface area (Å²) in [6.45, 7) is 0. The monoisotopic (exact) mass is 243 g/mol. The van der Waals surface area contributed by atoms with Crippen molar-refractivity contribution in [3.8, 4) is 0 Å². The highest BCUT2D eigenvalue weighted by Gasteiger charge is 2.30. The summed E-state index contributed by atoms with van der Waals surface area (Å²) in [7, 11) is 0. The molecule has 1 aromatic heterocycles. The second kappa shape index (κ2) is 3.80. The molecule has 6 heteroatoms. The molecule has 0 aliphatic carbocycles. The molecule has 2 aromatic rings. The number of aromatic nitrogens is 1. The number of hydrogen-bond acceptors (Lipinski definition) is 1. The largest absolute Gasteiger partial charge is 0.481 e. The number of carboxylic acid groups (broad SMARTS) is 1. The standard InChI is InChI=1S/C11H8F3NO2/c12-11(13,14)7-1-2-9-6(3-7)4-8(15-9)5-10(16)17/h1-4,15H,5H2,(H,16,17). The third-order valence-corrected chi connectivity index (χ3v) is 2.35. The van der Waals surface area contributed by atoms with E-state index in [9.17, 15) is 18.0 Å². The Balaban J connectivity index is 2.44. The predicted molar refractivity (Wildman–Crippen MR) is 54.6 cm³/mol. The van der Waals surface area contributed by atoms with E-state index >= 15 is 0 Å². The molecule has 2 rings (SSSR count). The van der Waals surface area contributed by atoms with Crippen LogP contribution >= 0.6 is 0 Å². The number of carbonyl (C=O) groups is 1. The number of hydrogen-bond donors (Lipinski definition) is 2. The molecule has 17 heavy (non-hydrogen) atoms. The van der Waals surface area contributed by atoms with Crippen molar-refractivity contribution in [2.75, 3.05) is 0 Å². The Labute approximate surface area is 93.9 Å². The number of fused-ring (bicyclic) bond motifs is 1. The number of nitrogens with one attached hydrogen (secondary N) is 1. The van der Waals surface area contributed by atoms with Crippen molar-refractivity contribution in [1.82, 2.24) is 4.98 Å². The fourth-order valence-corrected chi connectivity index (χ4v) is 1.63. The summed E-state index contributed by atoms with van der Waals surface area (Å²) in [6.07, 6.45) is -4.63. The SMILES string of the molecule is O=C(O)Cc1cc2cc(C(F)(F)F)ccc2[nH]1. The topological polar surface area (TPSA) is 53.1 Å². The zero-order valence-electron chi connectivity index (χ0n) is 8.51. The molecule has 0 radical (unpaired) electrons. The van der Waals surface area contributed by atoms with Crippen LogP contribution in [0.3, 0.4) is 0 Å². The molecular formula is C11H8F3NO2. The van der Waals surface area contributed by atoms with Crippen LogP contribution in [0.5, 0.6) is 0 Å². The molecule has 0 bridgehead atoms. The number of halogens is 3. The molecule has 1 aromatic carbocycles. The summed E-state index contributed by atoms with van der Waals surface area (Å²) in [6, 6.07) is 4.67. The maximum absolute atomic E-state index is 12.4. The smallest absolute Gasteiger partial charge is 0.416 e. The molecular weight excluding hydrogens is 235 g/mol. The average Bonchev–Trinajstić information content (AvgIpc) is 2.55. The molecule has 3 nitrogen and oxygen atoms in total. The number of alkyl halides is 3.